The average molecular weight is 362 g/mol. The van der Waals surface area contributed by atoms with Gasteiger partial charge < -0.3 is 9.32 Å². The molecule has 2 aromatic rings. The van der Waals surface area contributed by atoms with Gasteiger partial charge in [0, 0.05) is 13.6 Å². The van der Waals surface area contributed by atoms with E-state index in [0.717, 1.165) is 12.8 Å². The van der Waals surface area contributed by atoms with Crippen molar-refractivity contribution < 1.29 is 17.6 Å². The van der Waals surface area contributed by atoms with Crippen LogP contribution < -0.4 is 0 Å². The fourth-order valence-corrected chi connectivity index (χ4v) is 4.81. The Bertz CT molecular complexity index is 803. The maximum Gasteiger partial charge on any atom is 0.243 e. The van der Waals surface area contributed by atoms with Gasteiger partial charge in [0.25, 0.3) is 0 Å². The molecule has 2 heterocycles. The molecule has 1 atom stereocenters. The summed E-state index contributed by atoms with van der Waals surface area (Å²) in [7, 11) is -2.02. The monoisotopic (exact) mass is 362 g/mol. The molecule has 0 radical (unpaired) electrons. The lowest BCUT2D eigenvalue weighted by Gasteiger charge is -2.35. The molecule has 1 amide bonds. The van der Waals surface area contributed by atoms with Crippen LogP contribution in [-0.2, 0) is 21.4 Å². The van der Waals surface area contributed by atoms with Gasteiger partial charge in [-0.2, -0.15) is 4.31 Å². The maximum absolute atomic E-state index is 13.0. The molecule has 1 aliphatic rings. The van der Waals surface area contributed by atoms with Crippen LogP contribution in [0.15, 0.2) is 58.0 Å². The van der Waals surface area contributed by atoms with Crippen molar-refractivity contribution >= 4 is 15.9 Å². The Morgan fingerprint density at radius 1 is 1.20 bits per heavy atom. The van der Waals surface area contributed by atoms with E-state index in [9.17, 15) is 13.2 Å². The summed E-state index contributed by atoms with van der Waals surface area (Å²) in [6.07, 6.45) is 3.69. The number of piperidine rings is 1. The molecule has 7 heteroatoms. The van der Waals surface area contributed by atoms with E-state index in [1.807, 2.05) is 0 Å². The van der Waals surface area contributed by atoms with E-state index in [1.54, 1.807) is 55.8 Å². The molecule has 0 bridgehead atoms. The highest BCUT2D eigenvalue weighted by Crippen LogP contribution is 2.26. The third kappa shape index (κ3) is 3.77. The number of benzene rings is 1. The van der Waals surface area contributed by atoms with E-state index in [-0.39, 0.29) is 10.8 Å². The summed E-state index contributed by atoms with van der Waals surface area (Å²) in [6, 6.07) is 11.2. The number of likely N-dealkylation sites (N-methyl/N-ethyl adjacent to an activating group) is 1. The molecule has 0 spiro atoms. The Hall–Kier alpha value is -2.12. The molecule has 0 saturated carbocycles. The third-order valence-corrected chi connectivity index (χ3v) is 6.36. The van der Waals surface area contributed by atoms with E-state index in [0.29, 0.717) is 25.3 Å². The van der Waals surface area contributed by atoms with Crippen molar-refractivity contribution in [3.8, 4) is 0 Å². The number of rotatable bonds is 5. The largest absolute Gasteiger partial charge is 0.467 e. The zero-order chi connectivity index (χ0) is 17.9. The van der Waals surface area contributed by atoms with Crippen molar-refractivity contribution in [1.29, 1.82) is 0 Å². The molecule has 1 unspecified atom stereocenters. The van der Waals surface area contributed by atoms with Gasteiger partial charge >= 0.3 is 0 Å². The van der Waals surface area contributed by atoms with Gasteiger partial charge in [0.15, 0.2) is 0 Å². The van der Waals surface area contributed by atoms with Gasteiger partial charge in [-0.3, -0.25) is 4.79 Å². The Balaban J connectivity index is 1.82. The first-order valence-electron chi connectivity index (χ1n) is 8.34. The maximum atomic E-state index is 13.0. The lowest BCUT2D eigenvalue weighted by atomic mass is 10.0. The molecule has 6 nitrogen and oxygen atoms in total. The number of amides is 1. The second-order valence-electron chi connectivity index (χ2n) is 6.21. The zero-order valence-corrected chi connectivity index (χ0v) is 15.0. The van der Waals surface area contributed by atoms with Gasteiger partial charge in [-0.1, -0.05) is 24.6 Å². The van der Waals surface area contributed by atoms with E-state index >= 15 is 0 Å². The standard InChI is InChI=1S/C18H22N2O4S/c1-19(14-15-8-7-13-24-15)18(21)17-11-5-6-12-20(17)25(22,23)16-9-3-2-4-10-16/h2-4,7-10,13,17H,5-6,11-12,14H2,1H3. The number of hydrogen-bond acceptors (Lipinski definition) is 4. The van der Waals surface area contributed by atoms with Crippen molar-refractivity contribution in [2.24, 2.45) is 0 Å². The molecule has 134 valence electrons. The minimum Gasteiger partial charge on any atom is -0.467 e. The van der Waals surface area contributed by atoms with Gasteiger partial charge in [-0.05, 0) is 37.1 Å². The predicted octanol–water partition coefficient (Wildman–Crippen LogP) is 2.48. The summed E-state index contributed by atoms with van der Waals surface area (Å²) in [5.41, 5.74) is 0. The van der Waals surface area contributed by atoms with Crippen LogP contribution >= 0.6 is 0 Å². The Morgan fingerprint density at radius 3 is 2.64 bits per heavy atom. The third-order valence-electron chi connectivity index (χ3n) is 4.44. The Labute approximate surface area is 148 Å². The number of carbonyl (C=O) groups excluding carboxylic acids is 1. The molecule has 1 aliphatic heterocycles. The van der Waals surface area contributed by atoms with E-state index in [2.05, 4.69) is 0 Å². The molecule has 1 aromatic heterocycles. The van der Waals surface area contributed by atoms with Crippen LogP contribution in [0, 0.1) is 0 Å². The lowest BCUT2D eigenvalue weighted by Crippen LogP contribution is -2.51. The SMILES string of the molecule is CN(Cc1ccco1)C(=O)C1CCCCN1S(=O)(=O)c1ccccc1. The fourth-order valence-electron chi connectivity index (χ4n) is 3.14. The second-order valence-corrected chi connectivity index (χ2v) is 8.10. The van der Waals surface area contributed by atoms with Gasteiger partial charge in [0.05, 0.1) is 17.7 Å². The van der Waals surface area contributed by atoms with Gasteiger partial charge in [0.2, 0.25) is 15.9 Å². The van der Waals surface area contributed by atoms with Crippen LogP contribution in [0.5, 0.6) is 0 Å². The van der Waals surface area contributed by atoms with Crippen LogP contribution in [0.1, 0.15) is 25.0 Å². The van der Waals surface area contributed by atoms with Crippen LogP contribution in [0.2, 0.25) is 0 Å². The molecule has 0 aliphatic carbocycles. The molecule has 0 N–H and O–H groups in total. The summed E-state index contributed by atoms with van der Waals surface area (Å²) in [5, 5.41) is 0. The second kappa shape index (κ2) is 7.41. The molecule has 1 saturated heterocycles. The molecular weight excluding hydrogens is 340 g/mol. The molecule has 3 rings (SSSR count). The van der Waals surface area contributed by atoms with E-state index < -0.39 is 16.1 Å². The molecule has 25 heavy (non-hydrogen) atoms. The summed E-state index contributed by atoms with van der Waals surface area (Å²) >= 11 is 0. The molecule has 1 aromatic carbocycles. The summed E-state index contributed by atoms with van der Waals surface area (Å²) in [5.74, 6) is 0.472. The normalized spacial score (nSPS) is 18.8. The van der Waals surface area contributed by atoms with Crippen LogP contribution in [0.4, 0.5) is 0 Å². The Kier molecular flexibility index (Phi) is 5.24. The first kappa shape index (κ1) is 17.7. The number of sulfonamides is 1. The zero-order valence-electron chi connectivity index (χ0n) is 14.2. The van der Waals surface area contributed by atoms with Crippen molar-refractivity contribution in [3.63, 3.8) is 0 Å². The van der Waals surface area contributed by atoms with Gasteiger partial charge in [-0.25, -0.2) is 8.42 Å². The highest BCUT2D eigenvalue weighted by molar-refractivity contribution is 7.89. The van der Waals surface area contributed by atoms with Crippen molar-refractivity contribution in [2.75, 3.05) is 13.6 Å². The molecule has 1 fully saturated rings. The van der Waals surface area contributed by atoms with Crippen molar-refractivity contribution in [3.05, 3.63) is 54.5 Å². The Morgan fingerprint density at radius 2 is 1.96 bits per heavy atom. The van der Waals surface area contributed by atoms with Crippen molar-refractivity contribution in [1.82, 2.24) is 9.21 Å². The van der Waals surface area contributed by atoms with Crippen LogP contribution in [-0.4, -0.2) is 43.2 Å². The minimum absolute atomic E-state index is 0.199. The summed E-state index contributed by atoms with van der Waals surface area (Å²) in [4.78, 5) is 14.6. The van der Waals surface area contributed by atoms with Crippen molar-refractivity contribution in [2.45, 2.75) is 36.7 Å². The highest BCUT2D eigenvalue weighted by Gasteiger charge is 2.38. The average Bonchev–Trinajstić information content (AvgIpc) is 3.15. The summed E-state index contributed by atoms with van der Waals surface area (Å²) in [6.45, 7) is 0.684. The van der Waals surface area contributed by atoms with E-state index in [1.165, 1.54) is 9.21 Å². The number of nitrogens with zero attached hydrogens (tertiary/aromatic N) is 2. The first-order valence-corrected chi connectivity index (χ1v) is 9.78. The molecular formula is C18H22N2O4S. The highest BCUT2D eigenvalue weighted by atomic mass is 32.2. The smallest absolute Gasteiger partial charge is 0.243 e. The topological polar surface area (TPSA) is 70.8 Å². The predicted molar refractivity (Wildman–Crippen MR) is 93.2 cm³/mol. The lowest BCUT2D eigenvalue weighted by molar-refractivity contribution is -0.135. The fraction of sp³-hybridized carbons (Fsp3) is 0.389. The number of furan rings is 1. The van der Waals surface area contributed by atoms with Crippen LogP contribution in [0.25, 0.3) is 0 Å². The van der Waals surface area contributed by atoms with Gasteiger partial charge in [0.1, 0.15) is 11.8 Å². The first-order chi connectivity index (χ1) is 12.0. The quantitative estimate of drug-likeness (QED) is 0.819. The van der Waals surface area contributed by atoms with Crippen LogP contribution in [0.3, 0.4) is 0 Å². The number of hydrogen-bond donors (Lipinski definition) is 0. The minimum atomic E-state index is -3.69. The summed E-state index contributed by atoms with van der Waals surface area (Å²) < 4.78 is 32.6. The van der Waals surface area contributed by atoms with Gasteiger partial charge in [-0.15, -0.1) is 0 Å². The van der Waals surface area contributed by atoms with E-state index in [4.69, 9.17) is 4.42 Å². The number of carbonyl (C=O) groups is 1.